The molecule has 2 heterocycles. The number of benzene rings is 2. The van der Waals surface area contributed by atoms with Crippen molar-refractivity contribution >= 4 is 5.91 Å². The monoisotopic (exact) mass is 463 g/mol. The maximum absolute atomic E-state index is 13.0. The lowest BCUT2D eigenvalue weighted by atomic mass is 10.2. The van der Waals surface area contributed by atoms with Crippen molar-refractivity contribution in [3.05, 3.63) is 65.5 Å². The topological polar surface area (TPSA) is 94.8 Å². The first kappa shape index (κ1) is 22.5. The van der Waals surface area contributed by atoms with Crippen molar-refractivity contribution in [3.63, 3.8) is 0 Å². The maximum Gasteiger partial charge on any atom is 0.416 e. The van der Waals surface area contributed by atoms with Gasteiger partial charge in [0.2, 0.25) is 6.79 Å². The van der Waals surface area contributed by atoms with Crippen LogP contribution in [0.4, 0.5) is 13.2 Å². The Morgan fingerprint density at radius 2 is 2.03 bits per heavy atom. The molecule has 3 aromatic rings. The minimum atomic E-state index is -4.49. The molecule has 0 radical (unpaired) electrons. The van der Waals surface area contributed by atoms with E-state index >= 15 is 0 Å². The summed E-state index contributed by atoms with van der Waals surface area (Å²) in [6.07, 6.45) is -4.23. The van der Waals surface area contributed by atoms with Crippen molar-refractivity contribution in [3.8, 4) is 22.9 Å². The molecule has 0 spiro atoms. The van der Waals surface area contributed by atoms with E-state index in [1.807, 2.05) is 0 Å². The first-order valence-corrected chi connectivity index (χ1v) is 9.93. The van der Waals surface area contributed by atoms with Crippen molar-refractivity contribution in [1.82, 2.24) is 15.1 Å². The van der Waals surface area contributed by atoms with Crippen LogP contribution in [0.2, 0.25) is 0 Å². The highest BCUT2D eigenvalue weighted by molar-refractivity contribution is 5.95. The van der Waals surface area contributed by atoms with Crippen LogP contribution in [0.25, 0.3) is 5.69 Å². The summed E-state index contributed by atoms with van der Waals surface area (Å²) in [6.45, 7) is 1.53. The van der Waals surface area contributed by atoms with E-state index in [-0.39, 0.29) is 31.2 Å². The number of aliphatic hydroxyl groups excluding tert-OH is 1. The summed E-state index contributed by atoms with van der Waals surface area (Å²) in [7, 11) is 0. The number of carbonyl (C=O) groups excluding carboxylic acids is 1. The number of ether oxygens (including phenoxy) is 3. The van der Waals surface area contributed by atoms with Crippen LogP contribution in [-0.4, -0.2) is 46.8 Å². The molecule has 0 aliphatic carbocycles. The van der Waals surface area contributed by atoms with Crippen LogP contribution in [0.3, 0.4) is 0 Å². The number of nitrogens with one attached hydrogen (secondary N) is 1. The van der Waals surface area contributed by atoms with Gasteiger partial charge < -0.3 is 24.6 Å². The molecule has 1 aliphatic heterocycles. The van der Waals surface area contributed by atoms with Gasteiger partial charge in [-0.3, -0.25) is 4.79 Å². The molecule has 1 aromatic heterocycles. The first-order valence-electron chi connectivity index (χ1n) is 9.93. The number of carbonyl (C=O) groups is 1. The molecule has 1 unspecified atom stereocenters. The van der Waals surface area contributed by atoms with Gasteiger partial charge in [-0.05, 0) is 37.3 Å². The number of halogens is 3. The van der Waals surface area contributed by atoms with Gasteiger partial charge in [-0.25, -0.2) is 4.68 Å². The number of nitrogens with zero attached hydrogens (tertiary/aromatic N) is 2. The van der Waals surface area contributed by atoms with E-state index in [0.29, 0.717) is 22.9 Å². The highest BCUT2D eigenvalue weighted by Crippen LogP contribution is 2.35. The number of hydrogen-bond acceptors (Lipinski definition) is 6. The molecule has 0 bridgehead atoms. The number of hydrogen-bond donors (Lipinski definition) is 2. The summed E-state index contributed by atoms with van der Waals surface area (Å²) >= 11 is 0. The Bertz CT molecular complexity index is 1160. The third-order valence-corrected chi connectivity index (χ3v) is 4.96. The summed E-state index contributed by atoms with van der Waals surface area (Å²) in [5.74, 6) is 1.11. The number of aromatic nitrogens is 2. The van der Waals surface area contributed by atoms with Gasteiger partial charge in [-0.1, -0.05) is 6.07 Å². The molecular formula is C22H20F3N3O5. The Morgan fingerprint density at radius 3 is 2.82 bits per heavy atom. The quantitative estimate of drug-likeness (QED) is 0.559. The van der Waals surface area contributed by atoms with E-state index < -0.39 is 23.8 Å². The second-order valence-corrected chi connectivity index (χ2v) is 7.29. The van der Waals surface area contributed by atoms with Gasteiger partial charge in [0.1, 0.15) is 18.5 Å². The van der Waals surface area contributed by atoms with Gasteiger partial charge in [-0.2, -0.15) is 18.3 Å². The van der Waals surface area contributed by atoms with Gasteiger partial charge >= 0.3 is 6.18 Å². The number of fused-ring (bicyclic) bond motifs is 1. The van der Waals surface area contributed by atoms with E-state index in [1.165, 1.54) is 23.0 Å². The van der Waals surface area contributed by atoms with Crippen LogP contribution in [0.15, 0.2) is 48.7 Å². The largest absolute Gasteiger partial charge is 0.491 e. The summed E-state index contributed by atoms with van der Waals surface area (Å²) in [5, 5.41) is 16.7. The van der Waals surface area contributed by atoms with Gasteiger partial charge in [0.05, 0.1) is 28.7 Å². The molecule has 1 aliphatic rings. The Hall–Kier alpha value is -3.73. The van der Waals surface area contributed by atoms with Crippen molar-refractivity contribution in [1.29, 1.82) is 0 Å². The molecule has 0 saturated carbocycles. The predicted octanol–water partition coefficient (Wildman–Crippen LogP) is 3.10. The molecule has 174 valence electrons. The SMILES string of the molecule is Cc1c(C(=O)NCC(O)COc2ccc3c(c2)OCO3)cnn1-c1cccc(C(F)(F)F)c1. The minimum Gasteiger partial charge on any atom is -0.491 e. The number of amides is 1. The summed E-state index contributed by atoms with van der Waals surface area (Å²) < 4.78 is 56.2. The molecule has 11 heteroatoms. The molecule has 1 amide bonds. The fourth-order valence-corrected chi connectivity index (χ4v) is 3.23. The van der Waals surface area contributed by atoms with Crippen molar-refractivity contribution in [2.75, 3.05) is 19.9 Å². The third kappa shape index (κ3) is 5.03. The summed E-state index contributed by atoms with van der Waals surface area (Å²) in [4.78, 5) is 12.5. The van der Waals surface area contributed by atoms with Crippen molar-refractivity contribution in [2.24, 2.45) is 0 Å². The molecule has 2 N–H and O–H groups in total. The number of rotatable bonds is 7. The Kier molecular flexibility index (Phi) is 6.14. The predicted molar refractivity (Wildman–Crippen MR) is 110 cm³/mol. The average molecular weight is 463 g/mol. The molecule has 0 saturated heterocycles. The van der Waals surface area contributed by atoms with Gasteiger partial charge in [0.25, 0.3) is 5.91 Å². The van der Waals surface area contributed by atoms with Crippen LogP contribution in [0.1, 0.15) is 21.6 Å². The zero-order chi connectivity index (χ0) is 23.6. The van der Waals surface area contributed by atoms with Crippen molar-refractivity contribution < 1.29 is 37.3 Å². The van der Waals surface area contributed by atoms with E-state index in [4.69, 9.17) is 14.2 Å². The molecule has 0 fully saturated rings. The Morgan fingerprint density at radius 1 is 1.24 bits per heavy atom. The second-order valence-electron chi connectivity index (χ2n) is 7.29. The van der Waals surface area contributed by atoms with Gasteiger partial charge in [-0.15, -0.1) is 0 Å². The summed E-state index contributed by atoms with van der Waals surface area (Å²) in [5.41, 5.74) is -0.0979. The number of aliphatic hydroxyl groups is 1. The van der Waals surface area contributed by atoms with Crippen molar-refractivity contribution in [2.45, 2.75) is 19.2 Å². The Balaban J connectivity index is 1.34. The molecule has 2 aromatic carbocycles. The number of alkyl halides is 3. The molecule has 4 rings (SSSR count). The molecular weight excluding hydrogens is 443 g/mol. The first-order chi connectivity index (χ1) is 15.7. The lowest BCUT2D eigenvalue weighted by Gasteiger charge is -2.14. The minimum absolute atomic E-state index is 0.0810. The van der Waals surface area contributed by atoms with E-state index in [1.54, 1.807) is 25.1 Å². The fourth-order valence-electron chi connectivity index (χ4n) is 3.23. The van der Waals surface area contributed by atoms with E-state index in [2.05, 4.69) is 10.4 Å². The van der Waals surface area contributed by atoms with E-state index in [0.717, 1.165) is 12.1 Å². The van der Waals surface area contributed by atoms with Crippen LogP contribution < -0.4 is 19.5 Å². The maximum atomic E-state index is 13.0. The summed E-state index contributed by atoms with van der Waals surface area (Å²) in [6, 6.07) is 9.66. The van der Waals surface area contributed by atoms with E-state index in [9.17, 15) is 23.1 Å². The molecule has 1 atom stereocenters. The van der Waals surface area contributed by atoms with Gasteiger partial charge in [0.15, 0.2) is 11.5 Å². The smallest absolute Gasteiger partial charge is 0.416 e. The lowest BCUT2D eigenvalue weighted by molar-refractivity contribution is -0.137. The molecule has 8 nitrogen and oxygen atoms in total. The molecule has 33 heavy (non-hydrogen) atoms. The Labute approximate surface area is 186 Å². The van der Waals surface area contributed by atoms with Crippen LogP contribution in [0, 0.1) is 6.92 Å². The zero-order valence-corrected chi connectivity index (χ0v) is 17.4. The second kappa shape index (κ2) is 9.02. The average Bonchev–Trinajstić information content (AvgIpc) is 3.41. The van der Waals surface area contributed by atoms with Crippen LogP contribution in [-0.2, 0) is 6.18 Å². The van der Waals surface area contributed by atoms with Gasteiger partial charge in [0, 0.05) is 12.6 Å². The highest BCUT2D eigenvalue weighted by Gasteiger charge is 2.30. The fraction of sp³-hybridized carbons (Fsp3) is 0.273. The highest BCUT2D eigenvalue weighted by atomic mass is 19.4. The van der Waals surface area contributed by atoms with Crippen LogP contribution >= 0.6 is 0 Å². The standard InChI is InChI=1S/C22H20F3N3O5/c1-13-18(10-27-28(13)15-4-2-3-14(7-15)22(23,24)25)21(30)26-9-16(29)11-31-17-5-6-19-20(8-17)33-12-32-19/h2-8,10,16,29H,9,11-12H2,1H3,(H,26,30). The zero-order valence-electron chi connectivity index (χ0n) is 17.4. The normalized spacial score (nSPS) is 13.6. The lowest BCUT2D eigenvalue weighted by Crippen LogP contribution is -2.35. The van der Waals surface area contributed by atoms with Crippen LogP contribution in [0.5, 0.6) is 17.2 Å². The third-order valence-electron chi connectivity index (χ3n) is 4.96.